The molecule has 0 radical (unpaired) electrons. The average molecular weight is 311 g/mol. The predicted octanol–water partition coefficient (Wildman–Crippen LogP) is 2.83. The Kier molecular flexibility index (Phi) is 5.41. The molecule has 5 heteroatoms. The average Bonchev–Trinajstić information content (AvgIpc) is 2.49. The zero-order chi connectivity index (χ0) is 15.5. The van der Waals surface area contributed by atoms with Gasteiger partial charge >= 0.3 is 0 Å². The highest BCUT2D eigenvalue weighted by Gasteiger charge is 2.32. The van der Waals surface area contributed by atoms with Crippen molar-refractivity contribution < 1.29 is 13.5 Å². The number of benzene rings is 1. The van der Waals surface area contributed by atoms with Gasteiger partial charge in [-0.15, -0.1) is 0 Å². The second-order valence-electron chi connectivity index (χ2n) is 5.70. The lowest BCUT2D eigenvalue weighted by molar-refractivity contribution is 0.261. The zero-order valence-corrected chi connectivity index (χ0v) is 13.7. The molecule has 4 nitrogen and oxygen atoms in total. The number of rotatable bonds is 5. The van der Waals surface area contributed by atoms with Gasteiger partial charge in [0.2, 0.25) is 10.0 Å². The highest BCUT2D eigenvalue weighted by molar-refractivity contribution is 7.89. The fourth-order valence-corrected chi connectivity index (χ4v) is 5.19. The van der Waals surface area contributed by atoms with Gasteiger partial charge in [0.1, 0.15) is 0 Å². The number of nitrogens with zero attached hydrogens (tertiary/aromatic N) is 1. The summed E-state index contributed by atoms with van der Waals surface area (Å²) in [5.74, 6) is 0. The first-order valence-electron chi connectivity index (χ1n) is 7.73. The van der Waals surface area contributed by atoms with Crippen molar-refractivity contribution in [1.82, 2.24) is 4.31 Å². The van der Waals surface area contributed by atoms with E-state index in [9.17, 15) is 13.5 Å². The number of hydrogen-bond donors (Lipinski definition) is 1. The molecular formula is C16H25NO3S. The van der Waals surface area contributed by atoms with Gasteiger partial charge in [-0.05, 0) is 37.0 Å². The van der Waals surface area contributed by atoms with E-state index in [4.69, 9.17) is 0 Å². The second kappa shape index (κ2) is 6.90. The van der Waals surface area contributed by atoms with Gasteiger partial charge in [0.05, 0.1) is 11.5 Å². The van der Waals surface area contributed by atoms with Crippen LogP contribution < -0.4 is 0 Å². The molecular weight excluding hydrogens is 286 g/mol. The molecule has 1 fully saturated rings. The van der Waals surface area contributed by atoms with Crippen molar-refractivity contribution in [2.75, 3.05) is 6.54 Å². The fraction of sp³-hybridized carbons (Fsp3) is 0.625. The molecule has 1 N–H and O–H groups in total. The van der Waals surface area contributed by atoms with Crippen LogP contribution in [-0.2, 0) is 16.6 Å². The summed E-state index contributed by atoms with van der Waals surface area (Å²) in [5.41, 5.74) is 1.34. The van der Waals surface area contributed by atoms with E-state index in [0.29, 0.717) is 22.6 Å². The minimum absolute atomic E-state index is 0.117. The van der Waals surface area contributed by atoms with Crippen LogP contribution in [0.25, 0.3) is 0 Å². The van der Waals surface area contributed by atoms with Gasteiger partial charge in [0.15, 0.2) is 0 Å². The minimum atomic E-state index is -3.49. The van der Waals surface area contributed by atoms with Crippen molar-refractivity contribution in [3.8, 4) is 0 Å². The van der Waals surface area contributed by atoms with Gasteiger partial charge in [-0.1, -0.05) is 38.3 Å². The van der Waals surface area contributed by atoms with Crippen molar-refractivity contribution in [1.29, 1.82) is 0 Å². The second-order valence-corrected chi connectivity index (χ2v) is 7.56. The molecule has 0 bridgehead atoms. The van der Waals surface area contributed by atoms with Crippen molar-refractivity contribution in [3.63, 3.8) is 0 Å². The number of aliphatic hydroxyl groups excluding tert-OH is 1. The molecule has 0 unspecified atom stereocenters. The molecule has 21 heavy (non-hydrogen) atoms. The third-order valence-electron chi connectivity index (χ3n) is 4.45. The van der Waals surface area contributed by atoms with E-state index in [-0.39, 0.29) is 12.6 Å². The monoisotopic (exact) mass is 311 g/mol. The third-order valence-corrected chi connectivity index (χ3v) is 6.62. The summed E-state index contributed by atoms with van der Waals surface area (Å²) in [6, 6.07) is 5.24. The molecule has 0 aromatic heterocycles. The first kappa shape index (κ1) is 16.5. The van der Waals surface area contributed by atoms with E-state index in [1.807, 2.05) is 6.92 Å². The Morgan fingerprint density at radius 1 is 1.24 bits per heavy atom. The van der Waals surface area contributed by atoms with Gasteiger partial charge in [-0.2, -0.15) is 4.31 Å². The summed E-state index contributed by atoms with van der Waals surface area (Å²) in [4.78, 5) is 0.335. The zero-order valence-electron chi connectivity index (χ0n) is 12.9. The molecule has 0 amide bonds. The summed E-state index contributed by atoms with van der Waals surface area (Å²) in [6.45, 7) is 4.03. The van der Waals surface area contributed by atoms with Crippen molar-refractivity contribution in [2.45, 2.75) is 63.5 Å². The molecule has 1 saturated carbocycles. The molecule has 0 heterocycles. The Morgan fingerprint density at radius 2 is 1.90 bits per heavy atom. The van der Waals surface area contributed by atoms with Crippen LogP contribution in [0.3, 0.4) is 0 Å². The molecule has 0 atom stereocenters. The maximum atomic E-state index is 13.0. The Morgan fingerprint density at radius 3 is 2.48 bits per heavy atom. The number of sulfonamides is 1. The first-order valence-corrected chi connectivity index (χ1v) is 9.17. The lowest BCUT2D eigenvalue weighted by atomic mass is 9.95. The maximum absolute atomic E-state index is 13.0. The maximum Gasteiger partial charge on any atom is 0.243 e. The smallest absolute Gasteiger partial charge is 0.243 e. The lowest BCUT2D eigenvalue weighted by Crippen LogP contribution is -2.41. The van der Waals surface area contributed by atoms with E-state index in [0.717, 1.165) is 25.7 Å². The van der Waals surface area contributed by atoms with Crippen LogP contribution in [0.15, 0.2) is 23.1 Å². The Balaban J connectivity index is 2.39. The highest BCUT2D eigenvalue weighted by atomic mass is 32.2. The molecule has 2 rings (SSSR count). The summed E-state index contributed by atoms with van der Waals surface area (Å²) in [7, 11) is -3.49. The summed E-state index contributed by atoms with van der Waals surface area (Å²) >= 11 is 0. The van der Waals surface area contributed by atoms with Crippen LogP contribution in [0, 0.1) is 6.92 Å². The van der Waals surface area contributed by atoms with Crippen LogP contribution in [0.1, 0.15) is 50.2 Å². The van der Waals surface area contributed by atoms with E-state index in [1.165, 1.54) is 6.42 Å². The summed E-state index contributed by atoms with van der Waals surface area (Å²) < 4.78 is 27.6. The van der Waals surface area contributed by atoms with Gasteiger partial charge < -0.3 is 5.11 Å². The van der Waals surface area contributed by atoms with E-state index in [1.54, 1.807) is 29.4 Å². The SMILES string of the molecule is CCN(C1CCCCC1)S(=O)(=O)c1cccc(CO)c1C. The minimum Gasteiger partial charge on any atom is -0.392 e. The topological polar surface area (TPSA) is 57.6 Å². The molecule has 0 aliphatic heterocycles. The standard InChI is InChI=1S/C16H25NO3S/c1-3-17(15-9-5-4-6-10-15)21(19,20)16-11-7-8-14(12-18)13(16)2/h7-8,11,15,18H,3-6,9-10,12H2,1-2H3. The van der Waals surface area contributed by atoms with Crippen LogP contribution in [0.2, 0.25) is 0 Å². The molecule has 118 valence electrons. The highest BCUT2D eigenvalue weighted by Crippen LogP contribution is 2.29. The Bertz CT molecular complexity index is 577. The summed E-state index contributed by atoms with van der Waals surface area (Å²) in [6.07, 6.45) is 5.31. The van der Waals surface area contributed by atoms with Gasteiger partial charge in [0.25, 0.3) is 0 Å². The number of aliphatic hydroxyl groups is 1. The van der Waals surface area contributed by atoms with Crippen LogP contribution in [0.4, 0.5) is 0 Å². The van der Waals surface area contributed by atoms with Crippen molar-refractivity contribution in [2.24, 2.45) is 0 Å². The molecule has 1 aliphatic carbocycles. The van der Waals surface area contributed by atoms with E-state index >= 15 is 0 Å². The van der Waals surface area contributed by atoms with Crippen molar-refractivity contribution in [3.05, 3.63) is 29.3 Å². The largest absolute Gasteiger partial charge is 0.392 e. The number of hydrogen-bond acceptors (Lipinski definition) is 3. The van der Waals surface area contributed by atoms with Crippen LogP contribution >= 0.6 is 0 Å². The van der Waals surface area contributed by atoms with Crippen LogP contribution in [0.5, 0.6) is 0 Å². The molecule has 0 spiro atoms. The first-order chi connectivity index (χ1) is 10.0. The lowest BCUT2D eigenvalue weighted by Gasteiger charge is -2.33. The van der Waals surface area contributed by atoms with Crippen LogP contribution in [-0.4, -0.2) is 30.4 Å². The van der Waals surface area contributed by atoms with E-state index < -0.39 is 10.0 Å². The quantitative estimate of drug-likeness (QED) is 0.909. The van der Waals surface area contributed by atoms with Gasteiger partial charge in [-0.25, -0.2) is 8.42 Å². The third kappa shape index (κ3) is 3.30. The molecule has 0 saturated heterocycles. The Labute approximate surface area is 127 Å². The fourth-order valence-electron chi connectivity index (χ4n) is 3.23. The predicted molar refractivity (Wildman–Crippen MR) is 83.5 cm³/mol. The van der Waals surface area contributed by atoms with Gasteiger partial charge in [-0.3, -0.25) is 0 Å². The molecule has 1 aromatic rings. The summed E-state index contributed by atoms with van der Waals surface area (Å²) in [5, 5.41) is 9.34. The van der Waals surface area contributed by atoms with Crippen molar-refractivity contribution >= 4 is 10.0 Å². The molecule has 1 aromatic carbocycles. The normalized spacial score (nSPS) is 17.3. The van der Waals surface area contributed by atoms with Gasteiger partial charge in [0, 0.05) is 12.6 Å². The van der Waals surface area contributed by atoms with E-state index in [2.05, 4.69) is 0 Å². The molecule has 1 aliphatic rings. The Hall–Kier alpha value is -0.910.